The van der Waals surface area contributed by atoms with Crippen LogP contribution in [0.4, 0.5) is 10.1 Å². The van der Waals surface area contributed by atoms with Crippen LogP contribution in [0.1, 0.15) is 22.4 Å². The van der Waals surface area contributed by atoms with Gasteiger partial charge in [-0.2, -0.15) is 0 Å². The predicted molar refractivity (Wildman–Crippen MR) is 119 cm³/mol. The highest BCUT2D eigenvalue weighted by Gasteiger charge is 2.18. The number of carbonyl (C=O) groups excluding carboxylic acids is 1. The van der Waals surface area contributed by atoms with E-state index in [9.17, 15) is 17.6 Å². The summed E-state index contributed by atoms with van der Waals surface area (Å²) in [6, 6.07) is 11.0. The van der Waals surface area contributed by atoms with Crippen molar-refractivity contribution in [2.45, 2.75) is 24.5 Å². The fraction of sp³-hybridized carbons (Fsp3) is 0.238. The number of rotatable bonds is 10. The number of aromatic nitrogens is 1. The third-order valence-corrected chi connectivity index (χ3v) is 6.58. The zero-order valence-corrected chi connectivity index (χ0v) is 19.0. The Labute approximate surface area is 189 Å². The molecule has 0 bridgehead atoms. The van der Waals surface area contributed by atoms with E-state index < -0.39 is 15.9 Å². The number of sulfonamides is 1. The molecule has 0 saturated heterocycles. The summed E-state index contributed by atoms with van der Waals surface area (Å²) in [6.07, 6.45) is 0. The van der Waals surface area contributed by atoms with Gasteiger partial charge in [-0.1, -0.05) is 0 Å². The number of thiazole rings is 1. The van der Waals surface area contributed by atoms with Gasteiger partial charge in [0, 0.05) is 24.2 Å². The number of hydrogen-bond donors (Lipinski definition) is 2. The van der Waals surface area contributed by atoms with E-state index in [2.05, 4.69) is 15.0 Å². The van der Waals surface area contributed by atoms with Gasteiger partial charge in [-0.15, -0.1) is 11.3 Å². The van der Waals surface area contributed by atoms with Gasteiger partial charge in [-0.3, -0.25) is 4.79 Å². The van der Waals surface area contributed by atoms with Crippen molar-refractivity contribution < 1.29 is 27.1 Å². The maximum absolute atomic E-state index is 12.9. The predicted octanol–water partition coefficient (Wildman–Crippen LogP) is 3.43. The van der Waals surface area contributed by atoms with Crippen molar-refractivity contribution in [3.8, 4) is 5.75 Å². The second kappa shape index (κ2) is 10.6. The average Bonchev–Trinajstić information content (AvgIpc) is 3.23. The lowest BCUT2D eigenvalue weighted by atomic mass is 10.3. The van der Waals surface area contributed by atoms with Crippen LogP contribution in [0.2, 0.25) is 0 Å². The lowest BCUT2D eigenvalue weighted by molar-refractivity contribution is 0.102. The standard InChI is InChI=1S/C21H22FN3O5S2/c1-14(11-29-2)25-32(27,28)18-9-5-16(6-10-18)23-21(26)19-13-31-20(24-19)12-30-17-7-3-15(22)4-8-17/h3-10,13-14,25H,11-12H2,1-2H3,(H,23,26). The normalized spacial score (nSPS) is 12.3. The number of carbonyl (C=O) groups is 1. The van der Waals surface area contributed by atoms with Crippen LogP contribution in [0.25, 0.3) is 0 Å². The molecular weight excluding hydrogens is 457 g/mol. The Morgan fingerprint density at radius 2 is 1.84 bits per heavy atom. The molecule has 1 atom stereocenters. The van der Waals surface area contributed by atoms with E-state index in [0.717, 1.165) is 0 Å². The molecule has 1 heterocycles. The smallest absolute Gasteiger partial charge is 0.275 e. The lowest BCUT2D eigenvalue weighted by Crippen LogP contribution is -2.35. The Hall–Kier alpha value is -2.86. The van der Waals surface area contributed by atoms with Gasteiger partial charge < -0.3 is 14.8 Å². The van der Waals surface area contributed by atoms with Gasteiger partial charge in [0.2, 0.25) is 10.0 Å². The summed E-state index contributed by atoms with van der Waals surface area (Å²) >= 11 is 1.26. The van der Waals surface area contributed by atoms with Crippen molar-refractivity contribution in [3.05, 3.63) is 70.4 Å². The third kappa shape index (κ3) is 6.57. The van der Waals surface area contributed by atoms with Crippen LogP contribution in [0.3, 0.4) is 0 Å². The fourth-order valence-corrected chi connectivity index (χ4v) is 4.60. The summed E-state index contributed by atoms with van der Waals surface area (Å²) in [5.41, 5.74) is 0.635. The summed E-state index contributed by atoms with van der Waals surface area (Å²) in [5.74, 6) is -0.293. The maximum Gasteiger partial charge on any atom is 0.275 e. The molecule has 170 valence electrons. The second-order valence-electron chi connectivity index (χ2n) is 6.83. The van der Waals surface area contributed by atoms with Crippen molar-refractivity contribution in [3.63, 3.8) is 0 Å². The van der Waals surface area contributed by atoms with Gasteiger partial charge in [0.25, 0.3) is 5.91 Å². The van der Waals surface area contributed by atoms with Crippen molar-refractivity contribution in [2.24, 2.45) is 0 Å². The molecule has 0 saturated carbocycles. The van der Waals surface area contributed by atoms with Crippen molar-refractivity contribution in [1.82, 2.24) is 9.71 Å². The molecule has 3 rings (SSSR count). The highest BCUT2D eigenvalue weighted by atomic mass is 32.2. The Morgan fingerprint density at radius 3 is 2.50 bits per heavy atom. The highest BCUT2D eigenvalue weighted by molar-refractivity contribution is 7.89. The monoisotopic (exact) mass is 479 g/mol. The summed E-state index contributed by atoms with van der Waals surface area (Å²) in [6.45, 7) is 2.09. The largest absolute Gasteiger partial charge is 0.486 e. The summed E-state index contributed by atoms with van der Waals surface area (Å²) in [5, 5.41) is 4.86. The summed E-state index contributed by atoms with van der Waals surface area (Å²) in [4.78, 5) is 16.8. The Balaban J connectivity index is 1.57. The molecule has 11 heteroatoms. The van der Waals surface area contributed by atoms with Gasteiger partial charge >= 0.3 is 0 Å². The molecular formula is C21H22FN3O5S2. The van der Waals surface area contributed by atoms with E-state index in [1.54, 1.807) is 12.3 Å². The number of nitrogens with zero attached hydrogens (tertiary/aromatic N) is 1. The number of hydrogen-bond acceptors (Lipinski definition) is 7. The van der Waals surface area contributed by atoms with E-state index in [0.29, 0.717) is 16.4 Å². The zero-order valence-electron chi connectivity index (χ0n) is 17.4. The van der Waals surface area contributed by atoms with E-state index in [4.69, 9.17) is 9.47 Å². The van der Waals surface area contributed by atoms with Crippen LogP contribution in [0.5, 0.6) is 5.75 Å². The molecule has 0 fully saturated rings. The van der Waals surface area contributed by atoms with Crippen LogP contribution in [-0.4, -0.2) is 39.1 Å². The lowest BCUT2D eigenvalue weighted by Gasteiger charge is -2.13. The molecule has 0 aliphatic heterocycles. The molecule has 1 unspecified atom stereocenters. The van der Waals surface area contributed by atoms with E-state index in [1.165, 1.54) is 67.0 Å². The number of methoxy groups -OCH3 is 1. The number of nitrogens with one attached hydrogen (secondary N) is 2. The van der Waals surface area contributed by atoms with Crippen molar-refractivity contribution >= 4 is 33.0 Å². The van der Waals surface area contributed by atoms with Gasteiger partial charge in [0.05, 0.1) is 11.5 Å². The molecule has 2 N–H and O–H groups in total. The molecule has 0 aliphatic rings. The first-order valence-electron chi connectivity index (χ1n) is 9.52. The van der Waals surface area contributed by atoms with Gasteiger partial charge in [0.15, 0.2) is 0 Å². The fourth-order valence-electron chi connectivity index (χ4n) is 2.69. The SMILES string of the molecule is COCC(C)NS(=O)(=O)c1ccc(NC(=O)c2csc(COc3ccc(F)cc3)n2)cc1. The number of benzene rings is 2. The van der Waals surface area contributed by atoms with Gasteiger partial charge in [-0.25, -0.2) is 22.5 Å². The molecule has 0 aliphatic carbocycles. The molecule has 3 aromatic rings. The first-order chi connectivity index (χ1) is 15.3. The first-order valence-corrected chi connectivity index (χ1v) is 11.9. The minimum absolute atomic E-state index is 0.0762. The molecule has 0 radical (unpaired) electrons. The van der Waals surface area contributed by atoms with Crippen LogP contribution in [-0.2, 0) is 21.4 Å². The van der Waals surface area contributed by atoms with Crippen molar-refractivity contribution in [2.75, 3.05) is 19.0 Å². The van der Waals surface area contributed by atoms with Crippen LogP contribution < -0.4 is 14.8 Å². The topological polar surface area (TPSA) is 107 Å². The van der Waals surface area contributed by atoms with Gasteiger partial charge in [0.1, 0.15) is 28.9 Å². The van der Waals surface area contributed by atoms with E-state index in [1.807, 2.05) is 0 Å². The van der Waals surface area contributed by atoms with Crippen molar-refractivity contribution in [1.29, 1.82) is 0 Å². The molecule has 1 amide bonds. The Kier molecular flexibility index (Phi) is 7.91. The number of anilines is 1. The number of halogens is 1. The Bertz CT molecular complexity index is 1150. The Morgan fingerprint density at radius 1 is 1.16 bits per heavy atom. The third-order valence-electron chi connectivity index (χ3n) is 4.16. The molecule has 2 aromatic carbocycles. The molecule has 0 spiro atoms. The van der Waals surface area contributed by atoms with Crippen LogP contribution >= 0.6 is 11.3 Å². The van der Waals surface area contributed by atoms with E-state index >= 15 is 0 Å². The quantitative estimate of drug-likeness (QED) is 0.462. The molecule has 8 nitrogen and oxygen atoms in total. The number of amides is 1. The molecule has 32 heavy (non-hydrogen) atoms. The zero-order chi connectivity index (χ0) is 23.1. The highest BCUT2D eigenvalue weighted by Crippen LogP contribution is 2.18. The number of ether oxygens (including phenoxy) is 2. The first kappa shape index (κ1) is 23.8. The van der Waals surface area contributed by atoms with Gasteiger partial charge in [-0.05, 0) is 55.5 Å². The minimum Gasteiger partial charge on any atom is -0.486 e. The maximum atomic E-state index is 12.9. The molecule has 1 aromatic heterocycles. The van der Waals surface area contributed by atoms with Crippen LogP contribution in [0, 0.1) is 5.82 Å². The summed E-state index contributed by atoms with van der Waals surface area (Å²) in [7, 11) is -2.20. The average molecular weight is 480 g/mol. The van der Waals surface area contributed by atoms with E-state index in [-0.39, 0.29) is 35.7 Å². The summed E-state index contributed by atoms with van der Waals surface area (Å²) < 4.78 is 50.6. The minimum atomic E-state index is -3.70. The second-order valence-corrected chi connectivity index (χ2v) is 9.48. The van der Waals surface area contributed by atoms with Crippen LogP contribution in [0.15, 0.2) is 58.8 Å².